The molecule has 0 aliphatic heterocycles. The first-order valence-electron chi connectivity index (χ1n) is 7.43. The van der Waals surface area contributed by atoms with Crippen molar-refractivity contribution in [3.63, 3.8) is 0 Å². The van der Waals surface area contributed by atoms with E-state index in [4.69, 9.17) is 4.42 Å². The fraction of sp³-hybridized carbons (Fsp3) is 0.444. The van der Waals surface area contributed by atoms with Crippen molar-refractivity contribution in [2.45, 2.75) is 47.6 Å². The van der Waals surface area contributed by atoms with Crippen LogP contribution in [0.3, 0.4) is 0 Å². The highest BCUT2D eigenvalue weighted by Crippen LogP contribution is 2.32. The summed E-state index contributed by atoms with van der Waals surface area (Å²) >= 11 is 0. The normalized spacial score (nSPS) is 12.7. The van der Waals surface area contributed by atoms with Crippen LogP contribution in [0.1, 0.15) is 52.3 Å². The first-order valence-corrected chi connectivity index (χ1v) is 7.43. The number of aryl methyl sites for hydroxylation is 4. The van der Waals surface area contributed by atoms with Crippen molar-refractivity contribution in [1.82, 2.24) is 5.32 Å². The van der Waals surface area contributed by atoms with Crippen LogP contribution in [0.5, 0.6) is 0 Å². The Morgan fingerprint density at radius 2 is 1.62 bits per heavy atom. The summed E-state index contributed by atoms with van der Waals surface area (Å²) in [5, 5.41) is 3.50. The van der Waals surface area contributed by atoms with Gasteiger partial charge in [-0.1, -0.05) is 19.1 Å². The standard InChI is InChI=1S/C18H24FNO/c1-7-20-18(16-12(4)13(5)21-14(16)6)15-8-10(2)17(19)11(3)9-15/h8-9,18,20H,7H2,1-6H3. The van der Waals surface area contributed by atoms with Gasteiger partial charge in [0.05, 0.1) is 6.04 Å². The van der Waals surface area contributed by atoms with E-state index in [2.05, 4.69) is 19.2 Å². The molecular formula is C18H24FNO. The highest BCUT2D eigenvalue weighted by Gasteiger charge is 2.23. The smallest absolute Gasteiger partial charge is 0.129 e. The zero-order valence-corrected chi connectivity index (χ0v) is 13.7. The van der Waals surface area contributed by atoms with E-state index in [1.807, 2.05) is 39.8 Å². The van der Waals surface area contributed by atoms with Crippen molar-refractivity contribution in [1.29, 1.82) is 0 Å². The molecule has 2 nitrogen and oxygen atoms in total. The average molecular weight is 289 g/mol. The molecule has 3 heteroatoms. The molecule has 0 radical (unpaired) electrons. The van der Waals surface area contributed by atoms with Crippen LogP contribution >= 0.6 is 0 Å². The molecule has 1 heterocycles. The molecule has 2 rings (SSSR count). The SMILES string of the molecule is CCNC(c1cc(C)c(F)c(C)c1)c1c(C)oc(C)c1C. The van der Waals surface area contributed by atoms with Crippen LogP contribution in [-0.2, 0) is 0 Å². The second-order valence-corrected chi connectivity index (χ2v) is 5.71. The molecule has 21 heavy (non-hydrogen) atoms. The lowest BCUT2D eigenvalue weighted by atomic mass is 9.93. The Morgan fingerprint density at radius 1 is 1.05 bits per heavy atom. The van der Waals surface area contributed by atoms with E-state index >= 15 is 0 Å². The van der Waals surface area contributed by atoms with Crippen LogP contribution in [0.25, 0.3) is 0 Å². The number of furan rings is 1. The summed E-state index contributed by atoms with van der Waals surface area (Å²) in [4.78, 5) is 0. The van der Waals surface area contributed by atoms with Crippen LogP contribution in [0, 0.1) is 40.4 Å². The number of rotatable bonds is 4. The molecule has 0 fully saturated rings. The molecule has 0 amide bonds. The van der Waals surface area contributed by atoms with Crippen LogP contribution in [0.2, 0.25) is 0 Å². The van der Waals surface area contributed by atoms with Gasteiger partial charge in [0.1, 0.15) is 17.3 Å². The molecule has 0 bridgehead atoms. The second kappa shape index (κ2) is 6.02. The van der Waals surface area contributed by atoms with E-state index in [0.717, 1.165) is 29.2 Å². The molecule has 1 N–H and O–H groups in total. The monoisotopic (exact) mass is 289 g/mol. The topological polar surface area (TPSA) is 25.2 Å². The lowest BCUT2D eigenvalue weighted by molar-refractivity contribution is 0.494. The van der Waals surface area contributed by atoms with E-state index in [9.17, 15) is 4.39 Å². The summed E-state index contributed by atoms with van der Waals surface area (Å²) in [5.74, 6) is 1.75. The number of hydrogen-bond acceptors (Lipinski definition) is 2. The fourth-order valence-electron chi connectivity index (χ4n) is 2.97. The van der Waals surface area contributed by atoms with E-state index in [0.29, 0.717) is 11.1 Å². The number of halogens is 1. The van der Waals surface area contributed by atoms with Crippen LogP contribution < -0.4 is 5.32 Å². The zero-order chi connectivity index (χ0) is 15.7. The van der Waals surface area contributed by atoms with Crippen LogP contribution in [0.4, 0.5) is 4.39 Å². The second-order valence-electron chi connectivity index (χ2n) is 5.71. The van der Waals surface area contributed by atoms with Gasteiger partial charge in [-0.3, -0.25) is 0 Å². The largest absolute Gasteiger partial charge is 0.466 e. The van der Waals surface area contributed by atoms with Gasteiger partial charge in [-0.15, -0.1) is 0 Å². The third-order valence-corrected chi connectivity index (χ3v) is 4.11. The number of benzene rings is 1. The Labute approximate surface area is 126 Å². The van der Waals surface area contributed by atoms with Gasteiger partial charge < -0.3 is 9.73 Å². The Hall–Kier alpha value is -1.61. The molecule has 1 aromatic carbocycles. The molecule has 2 aromatic rings. The third kappa shape index (κ3) is 2.88. The molecule has 1 unspecified atom stereocenters. The first kappa shape index (κ1) is 15.8. The summed E-state index contributed by atoms with van der Waals surface area (Å²) in [6, 6.07) is 3.89. The molecule has 1 atom stereocenters. The molecule has 0 saturated carbocycles. The maximum absolute atomic E-state index is 13.9. The summed E-state index contributed by atoms with van der Waals surface area (Å²) in [6.45, 7) is 12.6. The average Bonchev–Trinajstić information content (AvgIpc) is 2.67. The van der Waals surface area contributed by atoms with Crippen molar-refractivity contribution in [2.24, 2.45) is 0 Å². The predicted octanol–water partition coefficient (Wildman–Crippen LogP) is 4.66. The highest BCUT2D eigenvalue weighted by molar-refractivity contribution is 5.43. The van der Waals surface area contributed by atoms with Gasteiger partial charge in [-0.25, -0.2) is 4.39 Å². The van der Waals surface area contributed by atoms with Gasteiger partial charge in [0.2, 0.25) is 0 Å². The van der Waals surface area contributed by atoms with Gasteiger partial charge in [0.25, 0.3) is 0 Å². The highest BCUT2D eigenvalue weighted by atomic mass is 19.1. The molecule has 0 aliphatic carbocycles. The van der Waals surface area contributed by atoms with Crippen molar-refractivity contribution in [3.05, 3.63) is 57.3 Å². The summed E-state index contributed by atoms with van der Waals surface area (Å²) in [5.41, 5.74) is 4.78. The van der Waals surface area contributed by atoms with Crippen LogP contribution in [0.15, 0.2) is 16.5 Å². The van der Waals surface area contributed by atoms with E-state index in [1.165, 1.54) is 5.56 Å². The predicted molar refractivity (Wildman–Crippen MR) is 84.3 cm³/mol. The van der Waals surface area contributed by atoms with E-state index in [-0.39, 0.29) is 11.9 Å². The molecule has 114 valence electrons. The van der Waals surface area contributed by atoms with Gasteiger partial charge in [-0.2, -0.15) is 0 Å². The van der Waals surface area contributed by atoms with Crippen molar-refractivity contribution in [2.75, 3.05) is 6.54 Å². The number of nitrogens with one attached hydrogen (secondary N) is 1. The van der Waals surface area contributed by atoms with E-state index in [1.54, 1.807) is 0 Å². The zero-order valence-electron chi connectivity index (χ0n) is 13.7. The van der Waals surface area contributed by atoms with E-state index < -0.39 is 0 Å². The molecule has 1 aromatic heterocycles. The minimum atomic E-state index is -0.120. The van der Waals surface area contributed by atoms with Crippen molar-refractivity contribution in [3.8, 4) is 0 Å². The van der Waals surface area contributed by atoms with Gasteiger partial charge >= 0.3 is 0 Å². The maximum Gasteiger partial charge on any atom is 0.129 e. The van der Waals surface area contributed by atoms with Gasteiger partial charge in [0.15, 0.2) is 0 Å². The molecular weight excluding hydrogens is 265 g/mol. The Kier molecular flexibility index (Phi) is 4.52. The Balaban J connectivity index is 2.59. The van der Waals surface area contributed by atoms with Gasteiger partial charge in [0, 0.05) is 5.56 Å². The summed E-state index contributed by atoms with van der Waals surface area (Å²) < 4.78 is 19.7. The third-order valence-electron chi connectivity index (χ3n) is 4.11. The van der Waals surface area contributed by atoms with Crippen LogP contribution in [-0.4, -0.2) is 6.54 Å². The Bertz CT molecular complexity index is 634. The molecule has 0 spiro atoms. The minimum Gasteiger partial charge on any atom is -0.466 e. The van der Waals surface area contributed by atoms with Crippen molar-refractivity contribution >= 4 is 0 Å². The summed E-state index contributed by atoms with van der Waals surface area (Å²) in [7, 11) is 0. The lowest BCUT2D eigenvalue weighted by Gasteiger charge is -2.21. The molecule has 0 aliphatic rings. The maximum atomic E-state index is 13.9. The Morgan fingerprint density at radius 3 is 2.05 bits per heavy atom. The lowest BCUT2D eigenvalue weighted by Crippen LogP contribution is -2.23. The number of hydrogen-bond donors (Lipinski definition) is 1. The molecule has 0 saturated heterocycles. The fourth-order valence-corrected chi connectivity index (χ4v) is 2.97. The first-order chi connectivity index (χ1) is 9.86. The van der Waals surface area contributed by atoms with Gasteiger partial charge in [-0.05, 0) is 63.4 Å². The summed E-state index contributed by atoms with van der Waals surface area (Å²) in [6.07, 6.45) is 0. The minimum absolute atomic E-state index is 0.0328. The van der Waals surface area contributed by atoms with Crippen molar-refractivity contribution < 1.29 is 8.81 Å². The quantitative estimate of drug-likeness (QED) is 0.885.